The van der Waals surface area contributed by atoms with Crippen molar-refractivity contribution in [3.05, 3.63) is 36.7 Å². The average molecular weight is 228 g/mol. The zero-order valence-corrected chi connectivity index (χ0v) is 9.41. The molecule has 0 aliphatic carbocycles. The van der Waals surface area contributed by atoms with Crippen LogP contribution in [0.3, 0.4) is 0 Å². The monoisotopic (exact) mass is 228 g/mol. The van der Waals surface area contributed by atoms with Crippen LogP contribution in [0.1, 0.15) is 5.82 Å². The number of imidazole rings is 1. The molecule has 0 saturated carbocycles. The molecule has 0 fully saturated rings. The summed E-state index contributed by atoms with van der Waals surface area (Å²) in [6.07, 6.45) is 3.48. The highest BCUT2D eigenvalue weighted by Crippen LogP contribution is 2.16. The molecule has 0 amide bonds. The van der Waals surface area contributed by atoms with Crippen LogP contribution in [0.5, 0.6) is 0 Å². The van der Waals surface area contributed by atoms with Gasteiger partial charge in [-0.1, -0.05) is 0 Å². The van der Waals surface area contributed by atoms with E-state index in [0.29, 0.717) is 6.54 Å². The molecular formula is C11H12N6. The molecule has 2 N–H and O–H groups in total. The largest absolute Gasteiger partial charge is 0.399 e. The molecule has 0 aliphatic heterocycles. The Morgan fingerprint density at radius 1 is 1.29 bits per heavy atom. The maximum absolute atomic E-state index is 5.72. The van der Waals surface area contributed by atoms with Gasteiger partial charge in [-0.3, -0.25) is 0 Å². The number of nitrogen functional groups attached to an aromatic ring is 1. The Bertz CT molecular complexity index is 665. The number of hydrogen-bond acceptors (Lipinski definition) is 4. The smallest absolute Gasteiger partial charge is 0.152 e. The lowest BCUT2D eigenvalue weighted by Crippen LogP contribution is -2.04. The number of anilines is 1. The van der Waals surface area contributed by atoms with E-state index in [1.165, 1.54) is 0 Å². The van der Waals surface area contributed by atoms with E-state index in [1.807, 2.05) is 34.4 Å². The van der Waals surface area contributed by atoms with Gasteiger partial charge >= 0.3 is 0 Å². The van der Waals surface area contributed by atoms with Crippen LogP contribution in [0.25, 0.3) is 11.0 Å². The van der Waals surface area contributed by atoms with E-state index in [1.54, 1.807) is 12.7 Å². The number of fused-ring (bicyclic) bond motifs is 1. The Morgan fingerprint density at radius 3 is 2.94 bits per heavy atom. The molecule has 3 rings (SSSR count). The molecule has 86 valence electrons. The maximum Gasteiger partial charge on any atom is 0.152 e. The van der Waals surface area contributed by atoms with Crippen LogP contribution in [0.15, 0.2) is 30.9 Å². The van der Waals surface area contributed by atoms with E-state index < -0.39 is 0 Å². The summed E-state index contributed by atoms with van der Waals surface area (Å²) in [7, 11) is 1.92. The summed E-state index contributed by atoms with van der Waals surface area (Å²) in [5.74, 6) is 0.890. The Labute approximate surface area is 97.7 Å². The molecule has 6 heteroatoms. The fourth-order valence-electron chi connectivity index (χ4n) is 1.81. The Morgan fingerprint density at radius 2 is 2.18 bits per heavy atom. The van der Waals surface area contributed by atoms with Crippen LogP contribution < -0.4 is 5.73 Å². The van der Waals surface area contributed by atoms with Crippen molar-refractivity contribution < 1.29 is 0 Å². The molecule has 1 aromatic carbocycles. The lowest BCUT2D eigenvalue weighted by molar-refractivity contribution is 0.711. The van der Waals surface area contributed by atoms with Crippen molar-refractivity contribution in [3.63, 3.8) is 0 Å². The van der Waals surface area contributed by atoms with Gasteiger partial charge in [0.2, 0.25) is 0 Å². The van der Waals surface area contributed by atoms with Crippen molar-refractivity contribution in [3.8, 4) is 0 Å². The molecule has 17 heavy (non-hydrogen) atoms. The molecule has 3 aromatic rings. The Kier molecular flexibility index (Phi) is 2.07. The normalized spacial score (nSPS) is 11.1. The van der Waals surface area contributed by atoms with Crippen molar-refractivity contribution in [1.82, 2.24) is 24.3 Å². The first kappa shape index (κ1) is 9.83. The number of aryl methyl sites for hydroxylation is 1. The molecule has 0 aliphatic rings. The van der Waals surface area contributed by atoms with Crippen LogP contribution in [0.2, 0.25) is 0 Å². The number of nitrogens with two attached hydrogens (primary N) is 1. The van der Waals surface area contributed by atoms with E-state index >= 15 is 0 Å². The summed E-state index contributed by atoms with van der Waals surface area (Å²) in [5.41, 5.74) is 8.38. The summed E-state index contributed by atoms with van der Waals surface area (Å²) < 4.78 is 3.92. The van der Waals surface area contributed by atoms with Crippen LogP contribution >= 0.6 is 0 Å². The van der Waals surface area contributed by atoms with E-state index in [4.69, 9.17) is 5.73 Å². The van der Waals surface area contributed by atoms with Crippen LogP contribution in [0.4, 0.5) is 5.69 Å². The van der Waals surface area contributed by atoms with Gasteiger partial charge in [0.25, 0.3) is 0 Å². The SMILES string of the molecule is Cn1cnnc1Cn1cnc2cc(N)ccc21. The summed E-state index contributed by atoms with van der Waals surface area (Å²) in [5, 5.41) is 7.91. The zero-order chi connectivity index (χ0) is 11.8. The second kappa shape index (κ2) is 3.58. The number of hydrogen-bond donors (Lipinski definition) is 1. The summed E-state index contributed by atoms with van der Waals surface area (Å²) in [6.45, 7) is 0.650. The molecule has 6 nitrogen and oxygen atoms in total. The highest BCUT2D eigenvalue weighted by molar-refractivity contribution is 5.78. The van der Waals surface area contributed by atoms with Crippen LogP contribution in [0, 0.1) is 0 Å². The minimum absolute atomic E-state index is 0.650. The fraction of sp³-hybridized carbons (Fsp3) is 0.182. The number of aromatic nitrogens is 5. The number of benzene rings is 1. The molecule has 0 bridgehead atoms. The van der Waals surface area contributed by atoms with Gasteiger partial charge < -0.3 is 14.9 Å². The lowest BCUT2D eigenvalue weighted by atomic mass is 10.3. The van der Waals surface area contributed by atoms with Crippen molar-refractivity contribution >= 4 is 16.7 Å². The van der Waals surface area contributed by atoms with E-state index in [2.05, 4.69) is 15.2 Å². The second-order valence-corrected chi connectivity index (χ2v) is 3.98. The van der Waals surface area contributed by atoms with Gasteiger partial charge in [0, 0.05) is 12.7 Å². The van der Waals surface area contributed by atoms with Crippen molar-refractivity contribution in [1.29, 1.82) is 0 Å². The first-order chi connectivity index (χ1) is 8.24. The molecule has 0 atom stereocenters. The lowest BCUT2D eigenvalue weighted by Gasteiger charge is -2.03. The van der Waals surface area contributed by atoms with Gasteiger partial charge in [-0.2, -0.15) is 0 Å². The van der Waals surface area contributed by atoms with Crippen molar-refractivity contribution in [2.45, 2.75) is 6.54 Å². The molecule has 0 unspecified atom stereocenters. The van der Waals surface area contributed by atoms with E-state index in [-0.39, 0.29) is 0 Å². The number of nitrogens with zero attached hydrogens (tertiary/aromatic N) is 5. The van der Waals surface area contributed by atoms with E-state index in [9.17, 15) is 0 Å². The second-order valence-electron chi connectivity index (χ2n) is 3.98. The molecule has 0 saturated heterocycles. The first-order valence-electron chi connectivity index (χ1n) is 5.27. The molecule has 0 radical (unpaired) electrons. The summed E-state index contributed by atoms with van der Waals surface area (Å²) >= 11 is 0. The van der Waals surface area contributed by atoms with Crippen LogP contribution in [-0.4, -0.2) is 24.3 Å². The maximum atomic E-state index is 5.72. The highest BCUT2D eigenvalue weighted by atomic mass is 15.3. The van der Waals surface area contributed by atoms with Gasteiger partial charge in [-0.15, -0.1) is 10.2 Å². The predicted molar refractivity (Wildman–Crippen MR) is 64.3 cm³/mol. The topological polar surface area (TPSA) is 74.5 Å². The standard InChI is InChI=1S/C11H12N6/c1-16-7-14-15-11(16)5-17-6-13-9-4-8(12)2-3-10(9)17/h2-4,6-7H,5,12H2,1H3. The predicted octanol–water partition coefficient (Wildman–Crippen LogP) is 0.795. The average Bonchev–Trinajstić information content (AvgIpc) is 2.87. The zero-order valence-electron chi connectivity index (χ0n) is 9.41. The summed E-state index contributed by atoms with van der Waals surface area (Å²) in [6, 6.07) is 5.70. The van der Waals surface area contributed by atoms with Gasteiger partial charge in [0.05, 0.1) is 23.9 Å². The van der Waals surface area contributed by atoms with Gasteiger partial charge in [0.15, 0.2) is 5.82 Å². The van der Waals surface area contributed by atoms with E-state index in [0.717, 1.165) is 22.5 Å². The first-order valence-corrected chi connectivity index (χ1v) is 5.27. The summed E-state index contributed by atoms with van der Waals surface area (Å²) in [4.78, 5) is 4.32. The Balaban J connectivity index is 2.04. The highest BCUT2D eigenvalue weighted by Gasteiger charge is 2.06. The number of rotatable bonds is 2. The Hall–Kier alpha value is -2.37. The molecular weight excluding hydrogens is 216 g/mol. The fourth-order valence-corrected chi connectivity index (χ4v) is 1.81. The van der Waals surface area contributed by atoms with Crippen molar-refractivity contribution in [2.75, 3.05) is 5.73 Å². The van der Waals surface area contributed by atoms with Crippen molar-refractivity contribution in [2.24, 2.45) is 7.05 Å². The molecule has 2 aromatic heterocycles. The van der Waals surface area contributed by atoms with Gasteiger partial charge in [-0.05, 0) is 18.2 Å². The third-order valence-electron chi connectivity index (χ3n) is 2.76. The van der Waals surface area contributed by atoms with Crippen LogP contribution in [-0.2, 0) is 13.6 Å². The minimum Gasteiger partial charge on any atom is -0.399 e. The third-order valence-corrected chi connectivity index (χ3v) is 2.76. The van der Waals surface area contributed by atoms with Gasteiger partial charge in [-0.25, -0.2) is 4.98 Å². The van der Waals surface area contributed by atoms with Gasteiger partial charge in [0.1, 0.15) is 6.33 Å². The molecule has 0 spiro atoms. The molecule has 2 heterocycles. The third kappa shape index (κ3) is 1.63. The minimum atomic E-state index is 0.650. The quantitative estimate of drug-likeness (QED) is 0.658.